The number of nitrogens with zero attached hydrogens (tertiary/aromatic N) is 3. The molecule has 0 aromatic heterocycles. The van der Waals surface area contributed by atoms with Gasteiger partial charge in [-0.25, -0.2) is 16.8 Å². The van der Waals surface area contributed by atoms with E-state index < -0.39 is 32.5 Å². The quantitative estimate of drug-likeness (QED) is 0.390. The van der Waals surface area contributed by atoms with Crippen LogP contribution in [0.15, 0.2) is 82.6 Å². The summed E-state index contributed by atoms with van der Waals surface area (Å²) in [6.07, 6.45) is 0. The number of hydrogen-bond acceptors (Lipinski definition) is 6. The van der Waals surface area contributed by atoms with Crippen molar-refractivity contribution >= 4 is 31.6 Å². The van der Waals surface area contributed by atoms with E-state index in [1.807, 2.05) is 13.8 Å². The second kappa shape index (κ2) is 11.8. The summed E-state index contributed by atoms with van der Waals surface area (Å²) in [6, 6.07) is 19.8. The van der Waals surface area contributed by atoms with Gasteiger partial charge in [-0.1, -0.05) is 47.5 Å². The van der Waals surface area contributed by atoms with E-state index in [0.717, 1.165) is 15.4 Å². The molecule has 9 nitrogen and oxygen atoms in total. The Balaban J connectivity index is 1.56. The molecular formula is C28H33N3O6S2. The molecule has 0 radical (unpaired) electrons. The fourth-order valence-corrected chi connectivity index (χ4v) is 7.18. The first kappa shape index (κ1) is 28.6. The third-order valence-electron chi connectivity index (χ3n) is 6.57. The fourth-order valence-electron chi connectivity index (χ4n) is 4.34. The van der Waals surface area contributed by atoms with Gasteiger partial charge in [0.25, 0.3) is 10.0 Å². The predicted octanol–water partition coefficient (Wildman–Crippen LogP) is 3.43. The minimum atomic E-state index is -4.12. The van der Waals surface area contributed by atoms with Gasteiger partial charge in [0, 0.05) is 26.2 Å². The lowest BCUT2D eigenvalue weighted by molar-refractivity contribution is -0.130. The Bertz CT molecular complexity index is 1510. The lowest BCUT2D eigenvalue weighted by Gasteiger charge is -2.35. The maximum absolute atomic E-state index is 13.8. The van der Waals surface area contributed by atoms with Crippen LogP contribution in [0.1, 0.15) is 18.1 Å². The predicted molar refractivity (Wildman–Crippen MR) is 150 cm³/mol. The number of sulfonamides is 2. The van der Waals surface area contributed by atoms with Crippen LogP contribution < -0.4 is 9.04 Å². The topological polar surface area (TPSA) is 104 Å². The number of carbonyl (C=O) groups is 1. The van der Waals surface area contributed by atoms with E-state index in [-0.39, 0.29) is 41.7 Å². The number of aryl methyl sites for hydroxylation is 2. The monoisotopic (exact) mass is 571 g/mol. The Kier molecular flexibility index (Phi) is 8.63. The van der Waals surface area contributed by atoms with Gasteiger partial charge < -0.3 is 9.64 Å². The highest BCUT2D eigenvalue weighted by molar-refractivity contribution is 7.93. The molecular weight excluding hydrogens is 538 g/mol. The average Bonchev–Trinajstić information content (AvgIpc) is 2.93. The summed E-state index contributed by atoms with van der Waals surface area (Å²) >= 11 is 0. The molecule has 0 unspecified atom stereocenters. The number of para-hydroxylation sites is 2. The Labute approximate surface area is 230 Å². The molecule has 11 heteroatoms. The molecule has 1 aliphatic rings. The molecule has 208 valence electrons. The highest BCUT2D eigenvalue weighted by atomic mass is 32.2. The van der Waals surface area contributed by atoms with Crippen molar-refractivity contribution in [1.82, 2.24) is 9.21 Å². The van der Waals surface area contributed by atoms with Gasteiger partial charge in [-0.3, -0.25) is 9.10 Å². The average molecular weight is 572 g/mol. The second-order valence-electron chi connectivity index (χ2n) is 9.32. The fraction of sp³-hybridized carbons (Fsp3) is 0.321. The molecule has 0 spiro atoms. The molecule has 0 saturated carbocycles. The van der Waals surface area contributed by atoms with Crippen molar-refractivity contribution in [1.29, 1.82) is 0 Å². The number of carbonyl (C=O) groups excluding carboxylic acids is 1. The third kappa shape index (κ3) is 6.26. The number of amides is 1. The number of rotatable bonds is 9. The van der Waals surface area contributed by atoms with Gasteiger partial charge in [0.1, 0.15) is 12.3 Å². The van der Waals surface area contributed by atoms with Crippen LogP contribution in [-0.4, -0.2) is 71.3 Å². The summed E-state index contributed by atoms with van der Waals surface area (Å²) in [4.78, 5) is 15.2. The molecule has 0 aliphatic carbocycles. The van der Waals surface area contributed by atoms with Gasteiger partial charge in [-0.15, -0.1) is 0 Å². The van der Waals surface area contributed by atoms with E-state index in [9.17, 15) is 21.6 Å². The molecule has 0 atom stereocenters. The summed E-state index contributed by atoms with van der Waals surface area (Å²) in [5.41, 5.74) is 2.12. The van der Waals surface area contributed by atoms with Crippen molar-refractivity contribution in [3.05, 3.63) is 83.9 Å². The Morgan fingerprint density at radius 2 is 1.33 bits per heavy atom. The van der Waals surface area contributed by atoms with E-state index in [2.05, 4.69) is 0 Å². The smallest absolute Gasteiger partial charge is 0.264 e. The van der Waals surface area contributed by atoms with Crippen LogP contribution in [0.4, 0.5) is 5.69 Å². The number of anilines is 1. The minimum absolute atomic E-state index is 0.0567. The normalized spacial score (nSPS) is 14.7. The van der Waals surface area contributed by atoms with Crippen molar-refractivity contribution in [3.8, 4) is 5.75 Å². The molecule has 1 amide bonds. The van der Waals surface area contributed by atoms with Crippen LogP contribution in [0.25, 0.3) is 0 Å². The van der Waals surface area contributed by atoms with E-state index in [1.165, 1.54) is 21.3 Å². The maximum atomic E-state index is 13.8. The highest BCUT2D eigenvalue weighted by Gasteiger charge is 2.34. The van der Waals surface area contributed by atoms with Crippen LogP contribution in [0.2, 0.25) is 0 Å². The molecule has 1 aliphatic heterocycles. The molecule has 3 aromatic carbocycles. The van der Waals surface area contributed by atoms with Crippen LogP contribution >= 0.6 is 0 Å². The van der Waals surface area contributed by atoms with Crippen molar-refractivity contribution in [2.45, 2.75) is 30.6 Å². The van der Waals surface area contributed by atoms with Crippen LogP contribution in [0.5, 0.6) is 5.75 Å². The van der Waals surface area contributed by atoms with Crippen LogP contribution in [-0.2, 0) is 24.8 Å². The summed E-state index contributed by atoms with van der Waals surface area (Å²) < 4.78 is 61.8. The summed E-state index contributed by atoms with van der Waals surface area (Å²) in [5, 5.41) is 0. The van der Waals surface area contributed by atoms with E-state index in [4.69, 9.17) is 4.74 Å². The first-order valence-corrected chi connectivity index (χ1v) is 15.6. The molecule has 1 saturated heterocycles. The molecule has 0 bridgehead atoms. The van der Waals surface area contributed by atoms with E-state index >= 15 is 0 Å². The molecule has 0 N–H and O–H groups in total. The largest absolute Gasteiger partial charge is 0.492 e. The SMILES string of the molecule is CCOc1ccccc1N(CC(=O)N1CCN(S(=O)(=O)c2ccc(C)cc2)CC1)S(=O)(=O)c1ccc(C)cc1. The van der Waals surface area contributed by atoms with Gasteiger partial charge in [-0.2, -0.15) is 4.31 Å². The first-order valence-electron chi connectivity index (χ1n) is 12.7. The molecule has 3 aromatic rings. The van der Waals surface area contributed by atoms with Crippen LogP contribution in [0, 0.1) is 13.8 Å². The number of hydrogen-bond donors (Lipinski definition) is 0. The zero-order chi connectivity index (χ0) is 28.2. The van der Waals surface area contributed by atoms with Gasteiger partial charge in [0.05, 0.1) is 22.1 Å². The molecule has 1 heterocycles. The summed E-state index contributed by atoms with van der Waals surface area (Å²) in [7, 11) is -7.82. The zero-order valence-electron chi connectivity index (χ0n) is 22.3. The summed E-state index contributed by atoms with van der Waals surface area (Å²) in [6.45, 7) is 5.93. The van der Waals surface area contributed by atoms with Crippen molar-refractivity contribution < 1.29 is 26.4 Å². The first-order chi connectivity index (χ1) is 18.5. The number of ether oxygens (including phenoxy) is 1. The minimum Gasteiger partial charge on any atom is -0.492 e. The van der Waals surface area contributed by atoms with Gasteiger partial charge >= 0.3 is 0 Å². The van der Waals surface area contributed by atoms with Crippen molar-refractivity contribution in [2.75, 3.05) is 43.6 Å². The zero-order valence-corrected chi connectivity index (χ0v) is 23.9. The van der Waals surface area contributed by atoms with E-state index in [1.54, 1.807) is 67.6 Å². The van der Waals surface area contributed by atoms with Gasteiger partial charge in [0.15, 0.2) is 0 Å². The Hall–Kier alpha value is -3.41. The van der Waals surface area contributed by atoms with Crippen molar-refractivity contribution in [3.63, 3.8) is 0 Å². The Morgan fingerprint density at radius 3 is 1.90 bits per heavy atom. The lowest BCUT2D eigenvalue weighted by Crippen LogP contribution is -2.53. The standard InChI is InChI=1S/C28H33N3O6S2/c1-4-37-27-8-6-5-7-26(27)31(39(35,36)25-15-11-23(3)12-16-25)21-28(32)29-17-19-30(20-18-29)38(33,34)24-13-9-22(2)10-14-24/h5-16H,4,17-21H2,1-3H3. The highest BCUT2D eigenvalue weighted by Crippen LogP contribution is 2.33. The molecule has 4 rings (SSSR count). The van der Waals surface area contributed by atoms with Crippen LogP contribution in [0.3, 0.4) is 0 Å². The second-order valence-corrected chi connectivity index (χ2v) is 13.1. The molecule has 1 fully saturated rings. The summed E-state index contributed by atoms with van der Waals surface area (Å²) in [5.74, 6) is -0.0816. The van der Waals surface area contributed by atoms with Crippen molar-refractivity contribution in [2.24, 2.45) is 0 Å². The number of benzene rings is 3. The lowest BCUT2D eigenvalue weighted by atomic mass is 10.2. The number of piperazine rings is 1. The Morgan fingerprint density at radius 1 is 0.795 bits per heavy atom. The van der Waals surface area contributed by atoms with E-state index in [0.29, 0.717) is 12.4 Å². The molecule has 39 heavy (non-hydrogen) atoms. The van der Waals surface area contributed by atoms with Gasteiger partial charge in [0.2, 0.25) is 15.9 Å². The van der Waals surface area contributed by atoms with Gasteiger partial charge in [-0.05, 0) is 57.2 Å². The maximum Gasteiger partial charge on any atom is 0.264 e. The third-order valence-corrected chi connectivity index (χ3v) is 10.3.